The molecule has 0 spiro atoms. The molecule has 1 aromatic heterocycles. The molecule has 0 aliphatic heterocycles. The van der Waals surface area contributed by atoms with Crippen LogP contribution in [0, 0.1) is 6.92 Å². The first kappa shape index (κ1) is 18.9. The number of amides is 1. The third-order valence-electron chi connectivity index (χ3n) is 3.77. The highest BCUT2D eigenvalue weighted by Gasteiger charge is 2.31. The first-order valence-electron chi connectivity index (χ1n) is 7.76. The smallest absolute Gasteiger partial charge is 0.406 e. The SMILES string of the molecule is Cc1c(C(=O)N=[N+]=[N-])cccc1-c1ncn(-c2ccc(OC(F)(F)F)cc2)n1. The molecule has 1 heterocycles. The van der Waals surface area contributed by atoms with Gasteiger partial charge >= 0.3 is 6.36 Å². The molecule has 2 aromatic carbocycles. The Morgan fingerprint density at radius 3 is 2.57 bits per heavy atom. The summed E-state index contributed by atoms with van der Waals surface area (Å²) < 4.78 is 41.9. The van der Waals surface area contributed by atoms with Crippen molar-refractivity contribution in [1.82, 2.24) is 14.8 Å². The van der Waals surface area contributed by atoms with Gasteiger partial charge in [-0.25, -0.2) is 9.67 Å². The van der Waals surface area contributed by atoms with Gasteiger partial charge in [-0.3, -0.25) is 4.79 Å². The molecule has 11 heteroatoms. The van der Waals surface area contributed by atoms with Crippen molar-refractivity contribution in [3.05, 3.63) is 70.4 Å². The summed E-state index contributed by atoms with van der Waals surface area (Å²) in [6.07, 6.45) is -3.38. The molecule has 0 atom stereocenters. The standard InChI is InChI=1S/C17H11F3N6O2/c1-10-13(3-2-4-14(10)16(27)23-25-21)15-22-9-26(24-15)11-5-7-12(8-6-11)28-17(18,19)20/h2-9H,1H3. The summed E-state index contributed by atoms with van der Waals surface area (Å²) in [5.74, 6) is -0.776. The van der Waals surface area contributed by atoms with Gasteiger partial charge in [-0.2, -0.15) is 0 Å². The number of carbonyl (C=O) groups is 1. The van der Waals surface area contributed by atoms with Crippen molar-refractivity contribution < 1.29 is 22.7 Å². The molecule has 0 saturated heterocycles. The largest absolute Gasteiger partial charge is 0.573 e. The number of benzene rings is 2. The van der Waals surface area contributed by atoms with Crippen LogP contribution in [-0.4, -0.2) is 27.0 Å². The zero-order valence-corrected chi connectivity index (χ0v) is 14.3. The van der Waals surface area contributed by atoms with Crippen LogP contribution in [0.5, 0.6) is 5.75 Å². The topological polar surface area (TPSA) is 106 Å². The fourth-order valence-corrected chi connectivity index (χ4v) is 2.52. The van der Waals surface area contributed by atoms with E-state index in [0.717, 1.165) is 12.1 Å². The summed E-state index contributed by atoms with van der Waals surface area (Å²) in [7, 11) is 0. The van der Waals surface area contributed by atoms with E-state index in [0.29, 0.717) is 22.6 Å². The molecular weight excluding hydrogens is 377 g/mol. The molecule has 0 fully saturated rings. The fraction of sp³-hybridized carbons (Fsp3) is 0.118. The maximum absolute atomic E-state index is 12.2. The zero-order valence-electron chi connectivity index (χ0n) is 14.3. The molecule has 0 bridgehead atoms. The van der Waals surface area contributed by atoms with Crippen molar-refractivity contribution in [3.8, 4) is 22.8 Å². The van der Waals surface area contributed by atoms with E-state index in [1.165, 1.54) is 29.2 Å². The van der Waals surface area contributed by atoms with E-state index in [1.54, 1.807) is 19.1 Å². The number of rotatable bonds is 4. The number of aromatic nitrogens is 3. The number of carbonyl (C=O) groups excluding carboxylic acids is 1. The Kier molecular flexibility index (Phi) is 5.01. The van der Waals surface area contributed by atoms with E-state index in [2.05, 4.69) is 24.8 Å². The first-order valence-corrected chi connectivity index (χ1v) is 7.76. The number of azide groups is 1. The van der Waals surface area contributed by atoms with Crippen molar-refractivity contribution in [3.63, 3.8) is 0 Å². The summed E-state index contributed by atoms with van der Waals surface area (Å²) >= 11 is 0. The van der Waals surface area contributed by atoms with Gasteiger partial charge in [0.25, 0.3) is 0 Å². The molecule has 0 saturated carbocycles. The lowest BCUT2D eigenvalue weighted by Crippen LogP contribution is -2.17. The molecular formula is C17H11F3N6O2. The lowest BCUT2D eigenvalue weighted by Gasteiger charge is -2.09. The maximum Gasteiger partial charge on any atom is 0.573 e. The van der Waals surface area contributed by atoms with Gasteiger partial charge < -0.3 is 4.74 Å². The van der Waals surface area contributed by atoms with Crippen LogP contribution in [0.15, 0.2) is 53.9 Å². The predicted octanol–water partition coefficient (Wildman–Crippen LogP) is 4.59. The van der Waals surface area contributed by atoms with Gasteiger partial charge in [-0.15, -0.1) is 18.3 Å². The average molecular weight is 388 g/mol. The number of ether oxygens (including phenoxy) is 1. The summed E-state index contributed by atoms with van der Waals surface area (Å²) in [6.45, 7) is 1.67. The van der Waals surface area contributed by atoms with Crippen LogP contribution >= 0.6 is 0 Å². The number of hydrogen-bond acceptors (Lipinski definition) is 4. The summed E-state index contributed by atoms with van der Waals surface area (Å²) in [4.78, 5) is 18.5. The molecule has 142 valence electrons. The number of hydrogen-bond donors (Lipinski definition) is 0. The Balaban J connectivity index is 1.90. The molecule has 3 aromatic rings. The van der Waals surface area contributed by atoms with Crippen molar-refractivity contribution in [2.45, 2.75) is 13.3 Å². The molecule has 28 heavy (non-hydrogen) atoms. The Hall–Kier alpha value is -3.85. The van der Waals surface area contributed by atoms with Gasteiger partial charge in [0.15, 0.2) is 5.82 Å². The van der Waals surface area contributed by atoms with Crippen molar-refractivity contribution in [2.24, 2.45) is 5.11 Å². The van der Waals surface area contributed by atoms with Crippen LogP contribution in [0.1, 0.15) is 15.9 Å². The minimum atomic E-state index is -4.77. The molecule has 0 aliphatic carbocycles. The monoisotopic (exact) mass is 388 g/mol. The number of alkyl halides is 3. The van der Waals surface area contributed by atoms with E-state index < -0.39 is 12.3 Å². The fourth-order valence-electron chi connectivity index (χ4n) is 2.52. The summed E-state index contributed by atoms with van der Waals surface area (Å²) in [6, 6.07) is 9.94. The first-order chi connectivity index (χ1) is 13.3. The maximum atomic E-state index is 12.2. The van der Waals surface area contributed by atoms with Crippen molar-refractivity contribution >= 4 is 5.91 Å². The van der Waals surface area contributed by atoms with E-state index >= 15 is 0 Å². The Labute approximate surface area is 155 Å². The second-order valence-electron chi connectivity index (χ2n) is 5.53. The normalized spacial score (nSPS) is 11.0. The highest BCUT2D eigenvalue weighted by atomic mass is 19.4. The van der Waals surface area contributed by atoms with Gasteiger partial charge in [0, 0.05) is 16.0 Å². The summed E-state index contributed by atoms with van der Waals surface area (Å²) in [5, 5.41) is 7.37. The van der Waals surface area contributed by atoms with E-state index in [1.807, 2.05) is 0 Å². The van der Waals surface area contributed by atoms with Crippen LogP contribution in [0.4, 0.5) is 13.2 Å². The van der Waals surface area contributed by atoms with Gasteiger partial charge in [0.05, 0.1) is 5.69 Å². The van der Waals surface area contributed by atoms with E-state index in [4.69, 9.17) is 5.53 Å². The van der Waals surface area contributed by atoms with Crippen molar-refractivity contribution in [2.75, 3.05) is 0 Å². The summed E-state index contributed by atoms with van der Waals surface area (Å²) in [5.41, 5.74) is 10.2. The zero-order chi connectivity index (χ0) is 20.3. The highest BCUT2D eigenvalue weighted by molar-refractivity contribution is 5.97. The number of halogens is 3. The van der Waals surface area contributed by atoms with Crippen molar-refractivity contribution in [1.29, 1.82) is 0 Å². The Morgan fingerprint density at radius 1 is 1.21 bits per heavy atom. The van der Waals surface area contributed by atoms with Crippen LogP contribution in [-0.2, 0) is 0 Å². The molecule has 3 rings (SSSR count). The van der Waals surface area contributed by atoms with Gasteiger partial charge in [-0.1, -0.05) is 18.2 Å². The Morgan fingerprint density at radius 2 is 1.93 bits per heavy atom. The lowest BCUT2D eigenvalue weighted by atomic mass is 10.0. The van der Waals surface area contributed by atoms with E-state index in [-0.39, 0.29) is 11.3 Å². The molecule has 0 unspecified atom stereocenters. The lowest BCUT2D eigenvalue weighted by molar-refractivity contribution is -0.274. The third-order valence-corrected chi connectivity index (χ3v) is 3.77. The van der Waals surface area contributed by atoms with Crippen LogP contribution < -0.4 is 4.74 Å². The minimum Gasteiger partial charge on any atom is -0.406 e. The van der Waals surface area contributed by atoms with Gasteiger partial charge in [-0.05, 0) is 47.4 Å². The van der Waals surface area contributed by atoms with Gasteiger partial charge in [0.2, 0.25) is 5.91 Å². The molecule has 0 radical (unpaired) electrons. The molecule has 1 amide bonds. The Bertz CT molecular complexity index is 1070. The minimum absolute atomic E-state index is 0.223. The second kappa shape index (κ2) is 7.41. The third kappa shape index (κ3) is 4.10. The highest BCUT2D eigenvalue weighted by Crippen LogP contribution is 2.26. The molecule has 0 N–H and O–H groups in total. The van der Waals surface area contributed by atoms with E-state index in [9.17, 15) is 18.0 Å². The van der Waals surface area contributed by atoms with Crippen LogP contribution in [0.25, 0.3) is 27.5 Å². The molecule has 0 aliphatic rings. The molecule has 8 nitrogen and oxygen atoms in total. The predicted molar refractivity (Wildman–Crippen MR) is 91.7 cm³/mol. The second-order valence-corrected chi connectivity index (χ2v) is 5.53. The quantitative estimate of drug-likeness (QED) is 0.370. The van der Waals surface area contributed by atoms with Crippen LogP contribution in [0.2, 0.25) is 0 Å². The van der Waals surface area contributed by atoms with Crippen LogP contribution in [0.3, 0.4) is 0 Å². The number of nitrogens with zero attached hydrogens (tertiary/aromatic N) is 6. The van der Waals surface area contributed by atoms with Gasteiger partial charge in [0.1, 0.15) is 12.1 Å². The average Bonchev–Trinajstić information content (AvgIpc) is 3.11.